The number of hydrogen-bond donors (Lipinski definition) is 1. The van der Waals surface area contributed by atoms with Gasteiger partial charge < -0.3 is 10.1 Å². The smallest absolute Gasteiger partial charge is 0.179 e. The summed E-state index contributed by atoms with van der Waals surface area (Å²) in [6.07, 6.45) is 4.03. The number of hydrogen-bond acceptors (Lipinski definition) is 2. The van der Waals surface area contributed by atoms with E-state index in [1.165, 1.54) is 6.42 Å². The van der Waals surface area contributed by atoms with Gasteiger partial charge in [-0.15, -0.1) is 0 Å². The molecular weight excluding hydrogens is 138 g/mol. The summed E-state index contributed by atoms with van der Waals surface area (Å²) in [6, 6.07) is 0. The third-order valence-electron chi connectivity index (χ3n) is 1.23. The van der Waals surface area contributed by atoms with Crippen molar-refractivity contribution in [1.82, 2.24) is 5.32 Å². The number of nitrogens with one attached hydrogen (secondary N) is 1. The number of ether oxygens (including phenoxy) is 1. The van der Waals surface area contributed by atoms with Crippen molar-refractivity contribution in [2.24, 2.45) is 0 Å². The van der Waals surface area contributed by atoms with Crippen molar-refractivity contribution < 1.29 is 4.74 Å². The van der Waals surface area contributed by atoms with Crippen LogP contribution in [0, 0.1) is 0 Å². The highest BCUT2D eigenvalue weighted by Gasteiger charge is 1.89. The van der Waals surface area contributed by atoms with Crippen LogP contribution in [0.15, 0.2) is 25.1 Å². The van der Waals surface area contributed by atoms with E-state index in [4.69, 9.17) is 4.74 Å². The molecular formula is C9H17NO. The van der Waals surface area contributed by atoms with E-state index < -0.39 is 0 Å². The summed E-state index contributed by atoms with van der Waals surface area (Å²) < 4.78 is 5.11. The second-order valence-corrected chi connectivity index (χ2v) is 2.30. The largest absolute Gasteiger partial charge is 0.476 e. The van der Waals surface area contributed by atoms with Crippen molar-refractivity contribution in [3.63, 3.8) is 0 Å². The monoisotopic (exact) mass is 155 g/mol. The summed E-state index contributed by atoms with van der Waals surface area (Å²) in [5.74, 6) is 0.637. The zero-order chi connectivity index (χ0) is 8.53. The second kappa shape index (κ2) is 7.19. The molecule has 64 valence electrons. The normalized spacial score (nSPS) is 8.82. The van der Waals surface area contributed by atoms with Gasteiger partial charge in [-0.3, -0.25) is 0 Å². The molecule has 0 saturated heterocycles. The quantitative estimate of drug-likeness (QED) is 0.345. The zero-order valence-electron chi connectivity index (χ0n) is 7.23. The summed E-state index contributed by atoms with van der Waals surface area (Å²) in [7, 11) is 0. The van der Waals surface area contributed by atoms with Crippen LogP contribution >= 0.6 is 0 Å². The van der Waals surface area contributed by atoms with Crippen molar-refractivity contribution in [3.05, 3.63) is 25.1 Å². The van der Waals surface area contributed by atoms with E-state index in [0.29, 0.717) is 12.5 Å². The van der Waals surface area contributed by atoms with Crippen molar-refractivity contribution in [2.75, 3.05) is 13.2 Å². The zero-order valence-corrected chi connectivity index (χ0v) is 7.23. The molecule has 0 rings (SSSR count). The average molecular weight is 155 g/mol. The van der Waals surface area contributed by atoms with Crippen LogP contribution in [-0.4, -0.2) is 13.2 Å². The van der Waals surface area contributed by atoms with Gasteiger partial charge in [0, 0.05) is 6.54 Å². The maximum atomic E-state index is 5.11. The SMILES string of the molecule is C=CCOC(=C)NCCCC. The maximum absolute atomic E-state index is 5.11. The molecule has 0 saturated carbocycles. The van der Waals surface area contributed by atoms with Crippen LogP contribution < -0.4 is 5.32 Å². The van der Waals surface area contributed by atoms with Gasteiger partial charge in [0.15, 0.2) is 5.88 Å². The van der Waals surface area contributed by atoms with E-state index in [0.717, 1.165) is 13.0 Å². The van der Waals surface area contributed by atoms with Crippen LogP contribution in [0.5, 0.6) is 0 Å². The molecule has 1 N–H and O–H groups in total. The standard InChI is InChI=1S/C9H17NO/c1-4-6-7-10-9(3)11-8-5-2/h5,10H,2-4,6-8H2,1H3. The Morgan fingerprint density at radius 1 is 1.64 bits per heavy atom. The number of rotatable bonds is 7. The molecule has 0 atom stereocenters. The van der Waals surface area contributed by atoms with Gasteiger partial charge in [0.25, 0.3) is 0 Å². The second-order valence-electron chi connectivity index (χ2n) is 2.30. The van der Waals surface area contributed by atoms with E-state index >= 15 is 0 Å². The minimum absolute atomic E-state index is 0.526. The molecule has 0 spiro atoms. The van der Waals surface area contributed by atoms with Crippen molar-refractivity contribution in [1.29, 1.82) is 0 Å². The van der Waals surface area contributed by atoms with Crippen LogP contribution in [0.2, 0.25) is 0 Å². The highest BCUT2D eigenvalue weighted by Crippen LogP contribution is 1.89. The molecule has 0 fully saturated rings. The fraction of sp³-hybridized carbons (Fsp3) is 0.556. The fourth-order valence-corrected chi connectivity index (χ4v) is 0.615. The molecule has 0 aliphatic heterocycles. The number of unbranched alkanes of at least 4 members (excludes halogenated alkanes) is 1. The first-order chi connectivity index (χ1) is 5.31. The molecule has 0 aromatic rings. The van der Waals surface area contributed by atoms with E-state index in [9.17, 15) is 0 Å². The molecule has 2 heteroatoms. The van der Waals surface area contributed by atoms with Crippen molar-refractivity contribution in [2.45, 2.75) is 19.8 Å². The molecule has 0 aromatic heterocycles. The predicted molar refractivity (Wildman–Crippen MR) is 48.2 cm³/mol. The Bertz CT molecular complexity index is 121. The first kappa shape index (κ1) is 10.1. The van der Waals surface area contributed by atoms with Gasteiger partial charge in [-0.05, 0) is 13.0 Å². The molecule has 0 aliphatic rings. The topological polar surface area (TPSA) is 21.3 Å². The van der Waals surface area contributed by atoms with Gasteiger partial charge in [0.2, 0.25) is 0 Å². The summed E-state index contributed by atoms with van der Waals surface area (Å²) in [4.78, 5) is 0. The lowest BCUT2D eigenvalue weighted by Gasteiger charge is -2.08. The molecule has 11 heavy (non-hydrogen) atoms. The van der Waals surface area contributed by atoms with Gasteiger partial charge in [-0.25, -0.2) is 0 Å². The Hall–Kier alpha value is -0.920. The summed E-state index contributed by atoms with van der Waals surface area (Å²) in [5.41, 5.74) is 0. The third kappa shape index (κ3) is 6.97. The predicted octanol–water partition coefficient (Wildman–Crippen LogP) is 2.05. The minimum Gasteiger partial charge on any atom is -0.476 e. The Labute approximate surface area is 68.9 Å². The fourth-order valence-electron chi connectivity index (χ4n) is 0.615. The Kier molecular flexibility index (Phi) is 6.59. The Balaban J connectivity index is 3.15. The minimum atomic E-state index is 0.526. The first-order valence-electron chi connectivity index (χ1n) is 3.97. The molecule has 0 aromatic carbocycles. The van der Waals surface area contributed by atoms with Crippen LogP contribution in [0.4, 0.5) is 0 Å². The lowest BCUT2D eigenvalue weighted by molar-refractivity contribution is 0.224. The van der Waals surface area contributed by atoms with Gasteiger partial charge in [-0.2, -0.15) is 0 Å². The van der Waals surface area contributed by atoms with Gasteiger partial charge in [0.05, 0.1) is 0 Å². The van der Waals surface area contributed by atoms with Gasteiger partial charge in [-0.1, -0.05) is 26.0 Å². The van der Waals surface area contributed by atoms with Gasteiger partial charge >= 0.3 is 0 Å². The van der Waals surface area contributed by atoms with Crippen molar-refractivity contribution in [3.8, 4) is 0 Å². The molecule has 0 heterocycles. The van der Waals surface area contributed by atoms with Crippen LogP contribution in [0.1, 0.15) is 19.8 Å². The molecule has 2 nitrogen and oxygen atoms in total. The summed E-state index contributed by atoms with van der Waals surface area (Å²) >= 11 is 0. The lowest BCUT2D eigenvalue weighted by atomic mass is 10.3. The van der Waals surface area contributed by atoms with Crippen LogP contribution in [0.3, 0.4) is 0 Å². The summed E-state index contributed by atoms with van der Waals surface area (Å²) in [5, 5.41) is 3.05. The van der Waals surface area contributed by atoms with Crippen LogP contribution in [0.25, 0.3) is 0 Å². The summed E-state index contributed by atoms with van der Waals surface area (Å²) in [6.45, 7) is 10.8. The molecule has 0 aliphatic carbocycles. The Morgan fingerprint density at radius 3 is 2.91 bits per heavy atom. The van der Waals surface area contributed by atoms with Gasteiger partial charge in [0.1, 0.15) is 6.61 Å². The molecule has 0 amide bonds. The average Bonchev–Trinajstić information content (AvgIpc) is 2.01. The van der Waals surface area contributed by atoms with Crippen LogP contribution in [-0.2, 0) is 4.74 Å². The van der Waals surface area contributed by atoms with Crippen molar-refractivity contribution >= 4 is 0 Å². The first-order valence-corrected chi connectivity index (χ1v) is 3.97. The lowest BCUT2D eigenvalue weighted by Crippen LogP contribution is -2.15. The molecule has 0 radical (unpaired) electrons. The van der Waals surface area contributed by atoms with E-state index in [1.54, 1.807) is 6.08 Å². The molecule has 0 bridgehead atoms. The van der Waals surface area contributed by atoms with E-state index in [-0.39, 0.29) is 0 Å². The highest BCUT2D eigenvalue weighted by molar-refractivity contribution is 4.80. The third-order valence-corrected chi connectivity index (χ3v) is 1.23. The maximum Gasteiger partial charge on any atom is 0.179 e. The highest BCUT2D eigenvalue weighted by atomic mass is 16.5. The molecule has 0 unspecified atom stereocenters. The Morgan fingerprint density at radius 2 is 2.36 bits per heavy atom. The van der Waals surface area contributed by atoms with E-state index in [1.807, 2.05) is 0 Å². The van der Waals surface area contributed by atoms with E-state index in [2.05, 4.69) is 25.4 Å².